The predicted octanol–water partition coefficient (Wildman–Crippen LogP) is 2.68. The van der Waals surface area contributed by atoms with Crippen LogP contribution in [0.3, 0.4) is 0 Å². The number of hydrogen-bond acceptors (Lipinski definition) is 6. The molecular formula is C22H24FN4O5P. The normalized spacial score (nSPS) is 25.8. The van der Waals surface area contributed by atoms with Crippen LogP contribution >= 0.6 is 8.25 Å². The maximum absolute atomic E-state index is 15.4. The molecule has 0 bridgehead atoms. The van der Waals surface area contributed by atoms with Gasteiger partial charge in [0.2, 0.25) is 0 Å². The summed E-state index contributed by atoms with van der Waals surface area (Å²) in [6.07, 6.45) is 2.01. The molecule has 3 heterocycles. The zero-order valence-electron chi connectivity index (χ0n) is 17.7. The smallest absolute Gasteiger partial charge is 0.316 e. The van der Waals surface area contributed by atoms with Gasteiger partial charge in [0.05, 0.1) is 11.4 Å². The molecule has 5 atom stereocenters. The van der Waals surface area contributed by atoms with Crippen molar-refractivity contribution in [2.24, 2.45) is 5.92 Å². The quantitative estimate of drug-likeness (QED) is 0.546. The Labute approximate surface area is 189 Å². The highest BCUT2D eigenvalue weighted by atomic mass is 31.1. The molecule has 2 aromatic heterocycles. The highest BCUT2D eigenvalue weighted by molar-refractivity contribution is 7.32. The van der Waals surface area contributed by atoms with Crippen molar-refractivity contribution in [2.75, 3.05) is 18.1 Å². The van der Waals surface area contributed by atoms with E-state index in [2.05, 4.69) is 9.97 Å². The van der Waals surface area contributed by atoms with Gasteiger partial charge in [0.1, 0.15) is 30.1 Å². The Kier molecular flexibility index (Phi) is 6.01. The van der Waals surface area contributed by atoms with Gasteiger partial charge in [-0.2, -0.15) is 0 Å². The van der Waals surface area contributed by atoms with Crippen molar-refractivity contribution in [3.63, 3.8) is 0 Å². The molecular weight excluding hydrogens is 450 g/mol. The van der Waals surface area contributed by atoms with Gasteiger partial charge in [-0.15, -0.1) is 0 Å². The first-order valence-corrected chi connectivity index (χ1v) is 12.1. The second kappa shape index (κ2) is 8.95. The SMILES string of the molecule is O=C(c1ccccc1)N1CCCc2cn([C@@H]3C[C@H](CO)[C@@H](O[PH](=O)O)[C@H]3F)c3ncnc1c23. The van der Waals surface area contributed by atoms with Crippen molar-refractivity contribution in [3.8, 4) is 0 Å². The fourth-order valence-corrected chi connectivity index (χ4v) is 5.59. The van der Waals surface area contributed by atoms with Gasteiger partial charge < -0.3 is 19.1 Å². The van der Waals surface area contributed by atoms with E-state index in [0.717, 1.165) is 5.56 Å². The Hall–Kier alpha value is -2.65. The van der Waals surface area contributed by atoms with Gasteiger partial charge in [-0.25, -0.2) is 14.4 Å². The molecule has 33 heavy (non-hydrogen) atoms. The molecule has 2 N–H and O–H groups in total. The number of aliphatic hydroxyl groups is 1. The van der Waals surface area contributed by atoms with Gasteiger partial charge in [0.15, 0.2) is 0 Å². The fraction of sp³-hybridized carbons (Fsp3) is 0.409. The maximum Gasteiger partial charge on any atom is 0.316 e. The molecule has 9 nitrogen and oxygen atoms in total. The summed E-state index contributed by atoms with van der Waals surface area (Å²) in [6.45, 7) is 0.138. The minimum absolute atomic E-state index is 0.165. The number of alkyl halides is 1. The zero-order chi connectivity index (χ0) is 23.1. The number of nitrogens with zero attached hydrogens (tertiary/aromatic N) is 4. The number of carbonyl (C=O) groups excluding carboxylic acids is 1. The third-order valence-electron chi connectivity index (χ3n) is 6.54. The summed E-state index contributed by atoms with van der Waals surface area (Å²) in [6, 6.07) is 8.24. The standard InChI is InChI=1S/C22H24FN4O5P/c23-18-16(9-15(11-28)19(18)32-33(30)31)27-10-14-7-4-8-26(20-17(14)21(27)25-12-24-20)22(29)13-5-2-1-3-6-13/h1-3,5-6,10,12,15-16,18-19,28,33H,4,7-9,11H2,(H,30,31)/t15-,16-,18+,19-/m1/s1. The van der Waals surface area contributed by atoms with Gasteiger partial charge >= 0.3 is 8.25 Å². The third kappa shape index (κ3) is 3.87. The lowest BCUT2D eigenvalue weighted by atomic mass is 10.1. The molecule has 1 aliphatic heterocycles. The van der Waals surface area contributed by atoms with E-state index >= 15 is 4.39 Å². The Morgan fingerprint density at radius 1 is 1.27 bits per heavy atom. The van der Waals surface area contributed by atoms with Crippen molar-refractivity contribution < 1.29 is 28.3 Å². The molecule has 1 aliphatic carbocycles. The van der Waals surface area contributed by atoms with Crippen LogP contribution < -0.4 is 4.90 Å². The second-order valence-corrected chi connectivity index (χ2v) is 9.19. The van der Waals surface area contributed by atoms with E-state index in [1.165, 1.54) is 6.33 Å². The zero-order valence-corrected chi connectivity index (χ0v) is 18.7. The third-order valence-corrected chi connectivity index (χ3v) is 7.01. The lowest BCUT2D eigenvalue weighted by molar-refractivity contribution is 0.0568. The average molecular weight is 474 g/mol. The van der Waals surface area contributed by atoms with Crippen molar-refractivity contribution in [1.82, 2.24) is 14.5 Å². The number of aliphatic hydroxyl groups excluding tert-OH is 1. The second-order valence-electron chi connectivity index (χ2n) is 8.42. The molecule has 11 heteroatoms. The highest BCUT2D eigenvalue weighted by Crippen LogP contribution is 2.45. The number of halogens is 1. The molecule has 0 saturated heterocycles. The predicted molar refractivity (Wildman–Crippen MR) is 119 cm³/mol. The minimum Gasteiger partial charge on any atom is -0.396 e. The topological polar surface area (TPSA) is 118 Å². The van der Waals surface area contributed by atoms with Crippen molar-refractivity contribution in [3.05, 3.63) is 54.0 Å². The summed E-state index contributed by atoms with van der Waals surface area (Å²) >= 11 is 0. The van der Waals surface area contributed by atoms with Crippen molar-refractivity contribution in [1.29, 1.82) is 0 Å². The van der Waals surface area contributed by atoms with Crippen LogP contribution in [0.1, 0.15) is 34.8 Å². The summed E-state index contributed by atoms with van der Waals surface area (Å²) in [4.78, 5) is 32.9. The van der Waals surface area contributed by atoms with Crippen LogP contribution in [0, 0.1) is 5.92 Å². The first-order chi connectivity index (χ1) is 16.0. The molecule has 3 aromatic rings. The summed E-state index contributed by atoms with van der Waals surface area (Å²) in [5.41, 5.74) is 1.96. The van der Waals surface area contributed by atoms with Crippen LogP contribution in [-0.2, 0) is 15.5 Å². The number of benzene rings is 1. The number of rotatable bonds is 5. The summed E-state index contributed by atoms with van der Waals surface area (Å²) in [5, 5.41) is 10.4. The van der Waals surface area contributed by atoms with Crippen molar-refractivity contribution >= 4 is 31.0 Å². The van der Waals surface area contributed by atoms with Gasteiger partial charge in [0, 0.05) is 30.8 Å². The lowest BCUT2D eigenvalue weighted by Crippen LogP contribution is -2.32. The lowest BCUT2D eigenvalue weighted by Gasteiger charge is -2.22. The Balaban J connectivity index is 1.57. The maximum atomic E-state index is 15.4. The van der Waals surface area contributed by atoms with E-state index < -0.39 is 32.5 Å². The molecule has 1 fully saturated rings. The first-order valence-electron chi connectivity index (χ1n) is 10.9. The monoisotopic (exact) mass is 474 g/mol. The molecule has 0 spiro atoms. The molecule has 1 aromatic carbocycles. The van der Waals surface area contributed by atoms with Gasteiger partial charge in [-0.05, 0) is 37.0 Å². The van der Waals surface area contributed by atoms with E-state index in [-0.39, 0.29) is 18.9 Å². The minimum atomic E-state index is -3.36. The fourth-order valence-electron chi connectivity index (χ4n) is 5.04. The number of amides is 1. The van der Waals surface area contributed by atoms with Crippen molar-refractivity contribution in [2.45, 2.75) is 37.6 Å². The number of hydrogen-bond donors (Lipinski definition) is 2. The van der Waals surface area contributed by atoms with E-state index in [1.54, 1.807) is 33.7 Å². The summed E-state index contributed by atoms with van der Waals surface area (Å²) in [7, 11) is -3.36. The largest absolute Gasteiger partial charge is 0.396 e. The van der Waals surface area contributed by atoms with Crippen LogP contribution in [0.2, 0.25) is 0 Å². The van der Waals surface area contributed by atoms with E-state index in [1.807, 2.05) is 12.3 Å². The van der Waals surface area contributed by atoms with Gasteiger partial charge in [-0.3, -0.25) is 14.3 Å². The Morgan fingerprint density at radius 3 is 2.79 bits per heavy atom. The summed E-state index contributed by atoms with van der Waals surface area (Å²) < 4.78 is 33.3. The van der Waals surface area contributed by atoms with Crippen LogP contribution in [0.15, 0.2) is 42.9 Å². The van der Waals surface area contributed by atoms with Crippen LogP contribution in [0.5, 0.6) is 0 Å². The van der Waals surface area contributed by atoms with E-state index in [0.29, 0.717) is 41.8 Å². The Bertz CT molecular complexity index is 1210. The number of anilines is 1. The average Bonchev–Trinajstić information content (AvgIpc) is 3.26. The molecule has 0 radical (unpaired) electrons. The van der Waals surface area contributed by atoms with E-state index in [4.69, 9.17) is 4.52 Å². The van der Waals surface area contributed by atoms with Crippen LogP contribution in [-0.4, -0.2) is 55.9 Å². The molecule has 1 amide bonds. The van der Waals surface area contributed by atoms with Crippen LogP contribution in [0.25, 0.3) is 11.0 Å². The van der Waals surface area contributed by atoms with Gasteiger partial charge in [-0.1, -0.05) is 18.2 Å². The molecule has 1 saturated carbocycles. The van der Waals surface area contributed by atoms with Crippen LogP contribution in [0.4, 0.5) is 10.2 Å². The Morgan fingerprint density at radius 2 is 2.06 bits per heavy atom. The number of aromatic nitrogens is 3. The van der Waals surface area contributed by atoms with E-state index in [9.17, 15) is 19.4 Å². The first kappa shape index (κ1) is 22.2. The molecule has 1 unspecified atom stereocenters. The summed E-state index contributed by atoms with van der Waals surface area (Å²) in [5.74, 6) is -0.292. The molecule has 2 aliphatic rings. The highest BCUT2D eigenvalue weighted by Gasteiger charge is 2.47. The van der Waals surface area contributed by atoms with Gasteiger partial charge in [0.25, 0.3) is 5.91 Å². The molecule has 174 valence electrons. The molecule has 5 rings (SSSR count). The number of carbonyl (C=O) groups is 1. The number of aryl methyl sites for hydroxylation is 1.